The maximum atomic E-state index is 11.1. The Morgan fingerprint density at radius 1 is 1.20 bits per heavy atom. The van der Waals surface area contributed by atoms with Gasteiger partial charge in [0.1, 0.15) is 0 Å². The summed E-state index contributed by atoms with van der Waals surface area (Å²) in [5.74, 6) is 1.15. The second-order valence-corrected chi connectivity index (χ2v) is 2.63. The molecular formula is C10H13NO4. The van der Waals surface area contributed by atoms with E-state index in [0.717, 1.165) is 0 Å². The minimum absolute atomic E-state index is 0.266. The van der Waals surface area contributed by atoms with Gasteiger partial charge in [0.2, 0.25) is 5.75 Å². The summed E-state index contributed by atoms with van der Waals surface area (Å²) in [6.07, 6.45) is -0.571. The fourth-order valence-corrected chi connectivity index (χ4v) is 1.06. The number of benzene rings is 1. The molecule has 0 aromatic heterocycles. The van der Waals surface area contributed by atoms with Crippen molar-refractivity contribution < 1.29 is 19.0 Å². The number of hydrogen-bond acceptors (Lipinski definition) is 4. The molecule has 0 bridgehead atoms. The van der Waals surface area contributed by atoms with Crippen LogP contribution in [0.4, 0.5) is 4.79 Å². The summed E-state index contributed by atoms with van der Waals surface area (Å²) in [7, 11) is 4.46. The third-order valence-electron chi connectivity index (χ3n) is 1.78. The number of methoxy groups -OCH3 is 2. The van der Waals surface area contributed by atoms with Crippen LogP contribution in [0.1, 0.15) is 0 Å². The minimum atomic E-state index is -0.571. The van der Waals surface area contributed by atoms with Gasteiger partial charge in [0, 0.05) is 7.05 Å². The Hall–Kier alpha value is -1.91. The summed E-state index contributed by atoms with van der Waals surface area (Å²) in [5, 5.41) is 2.34. The van der Waals surface area contributed by atoms with E-state index in [1.165, 1.54) is 21.3 Å². The first-order chi connectivity index (χ1) is 7.22. The second-order valence-electron chi connectivity index (χ2n) is 2.63. The van der Waals surface area contributed by atoms with Gasteiger partial charge in [-0.2, -0.15) is 0 Å². The van der Waals surface area contributed by atoms with Crippen LogP contribution in [0.3, 0.4) is 0 Å². The van der Waals surface area contributed by atoms with E-state index in [2.05, 4.69) is 5.32 Å². The van der Waals surface area contributed by atoms with Crippen molar-refractivity contribution in [2.24, 2.45) is 0 Å². The average molecular weight is 211 g/mol. The van der Waals surface area contributed by atoms with Gasteiger partial charge >= 0.3 is 6.09 Å². The highest BCUT2D eigenvalue weighted by Crippen LogP contribution is 2.36. The fraction of sp³-hybridized carbons (Fsp3) is 0.300. The number of ether oxygens (including phenoxy) is 3. The molecule has 15 heavy (non-hydrogen) atoms. The molecule has 0 aliphatic heterocycles. The molecule has 1 rings (SSSR count). The summed E-state index contributed by atoms with van der Waals surface area (Å²) < 4.78 is 15.1. The molecule has 5 heteroatoms. The molecule has 1 amide bonds. The van der Waals surface area contributed by atoms with Crippen molar-refractivity contribution in [1.82, 2.24) is 5.32 Å². The highest BCUT2D eigenvalue weighted by atomic mass is 16.6. The summed E-state index contributed by atoms with van der Waals surface area (Å²) in [5.41, 5.74) is 0. The Balaban J connectivity index is 3.05. The molecule has 5 nitrogen and oxygen atoms in total. The van der Waals surface area contributed by atoms with Crippen LogP contribution < -0.4 is 19.5 Å². The molecule has 0 fully saturated rings. The number of rotatable bonds is 3. The molecule has 0 aliphatic rings. The third kappa shape index (κ3) is 2.52. The van der Waals surface area contributed by atoms with Gasteiger partial charge in [-0.25, -0.2) is 4.79 Å². The first kappa shape index (κ1) is 11.2. The second kappa shape index (κ2) is 5.09. The molecule has 0 radical (unpaired) electrons. The molecule has 0 unspecified atom stereocenters. The van der Waals surface area contributed by atoms with Gasteiger partial charge in [-0.15, -0.1) is 0 Å². The lowest BCUT2D eigenvalue weighted by molar-refractivity contribution is 0.198. The van der Waals surface area contributed by atoms with Gasteiger partial charge in [-0.05, 0) is 12.1 Å². The van der Waals surface area contributed by atoms with Gasteiger partial charge in [0.15, 0.2) is 11.5 Å². The summed E-state index contributed by atoms with van der Waals surface area (Å²) in [4.78, 5) is 11.1. The van der Waals surface area contributed by atoms with Crippen LogP contribution in [0.25, 0.3) is 0 Å². The average Bonchev–Trinajstić information content (AvgIpc) is 2.29. The zero-order valence-electron chi connectivity index (χ0n) is 8.87. The standard InChI is InChI=1S/C10H13NO4/c1-11-10(12)15-9-7(13-2)5-4-6-8(9)14-3/h4-6H,1-3H3,(H,11,12). The molecule has 0 saturated carbocycles. The van der Waals surface area contributed by atoms with Gasteiger partial charge in [-0.3, -0.25) is 0 Å². The third-order valence-corrected chi connectivity index (χ3v) is 1.78. The first-order valence-corrected chi connectivity index (χ1v) is 4.33. The SMILES string of the molecule is CNC(=O)Oc1c(OC)cccc1OC. The number of hydrogen-bond donors (Lipinski definition) is 1. The predicted octanol–water partition coefficient (Wildman–Crippen LogP) is 1.42. The Kier molecular flexibility index (Phi) is 3.79. The molecule has 1 aromatic rings. The zero-order chi connectivity index (χ0) is 11.3. The van der Waals surface area contributed by atoms with Crippen molar-refractivity contribution in [3.8, 4) is 17.2 Å². The highest BCUT2D eigenvalue weighted by Gasteiger charge is 2.14. The Bertz CT molecular complexity index is 329. The van der Waals surface area contributed by atoms with E-state index in [0.29, 0.717) is 11.5 Å². The molecule has 0 saturated heterocycles. The van der Waals surface area contributed by atoms with Crippen molar-refractivity contribution >= 4 is 6.09 Å². The first-order valence-electron chi connectivity index (χ1n) is 4.33. The molecule has 0 atom stereocenters. The molecule has 0 spiro atoms. The van der Waals surface area contributed by atoms with E-state index in [1.54, 1.807) is 18.2 Å². The largest absolute Gasteiger partial charge is 0.493 e. The normalized spacial score (nSPS) is 9.27. The fourth-order valence-electron chi connectivity index (χ4n) is 1.06. The van der Waals surface area contributed by atoms with E-state index < -0.39 is 6.09 Å². The van der Waals surface area contributed by atoms with Crippen LogP contribution in [0, 0.1) is 0 Å². The van der Waals surface area contributed by atoms with E-state index in [4.69, 9.17) is 14.2 Å². The Morgan fingerprint density at radius 3 is 2.13 bits per heavy atom. The Morgan fingerprint density at radius 2 is 1.73 bits per heavy atom. The zero-order valence-corrected chi connectivity index (χ0v) is 8.87. The smallest absolute Gasteiger partial charge is 0.412 e. The lowest BCUT2D eigenvalue weighted by atomic mass is 10.3. The van der Waals surface area contributed by atoms with Crippen LogP contribution in [0.2, 0.25) is 0 Å². The van der Waals surface area contributed by atoms with Crippen molar-refractivity contribution in [3.63, 3.8) is 0 Å². The molecule has 82 valence electrons. The van der Waals surface area contributed by atoms with Gasteiger partial charge in [0.05, 0.1) is 14.2 Å². The topological polar surface area (TPSA) is 56.8 Å². The van der Waals surface area contributed by atoms with E-state index in [-0.39, 0.29) is 5.75 Å². The number of carbonyl (C=O) groups excluding carboxylic acids is 1. The molecule has 0 aliphatic carbocycles. The van der Waals surface area contributed by atoms with Crippen molar-refractivity contribution in [2.75, 3.05) is 21.3 Å². The quantitative estimate of drug-likeness (QED) is 0.821. The number of amides is 1. The van der Waals surface area contributed by atoms with E-state index in [1.807, 2.05) is 0 Å². The van der Waals surface area contributed by atoms with Gasteiger partial charge in [-0.1, -0.05) is 6.07 Å². The van der Waals surface area contributed by atoms with E-state index >= 15 is 0 Å². The lowest BCUT2D eigenvalue weighted by Gasteiger charge is -2.11. The lowest BCUT2D eigenvalue weighted by Crippen LogP contribution is -2.22. The van der Waals surface area contributed by atoms with Crippen LogP contribution in [-0.4, -0.2) is 27.4 Å². The predicted molar refractivity (Wildman–Crippen MR) is 54.6 cm³/mol. The Labute approximate surface area is 87.9 Å². The summed E-state index contributed by atoms with van der Waals surface area (Å²) >= 11 is 0. The molecule has 1 N–H and O–H groups in total. The number of carbonyl (C=O) groups is 1. The maximum Gasteiger partial charge on any atom is 0.412 e. The van der Waals surface area contributed by atoms with E-state index in [9.17, 15) is 4.79 Å². The van der Waals surface area contributed by atoms with Crippen LogP contribution in [0.5, 0.6) is 17.2 Å². The summed E-state index contributed by atoms with van der Waals surface area (Å²) in [6.45, 7) is 0. The molecular weight excluding hydrogens is 198 g/mol. The van der Waals surface area contributed by atoms with Crippen LogP contribution in [0.15, 0.2) is 18.2 Å². The monoisotopic (exact) mass is 211 g/mol. The molecule has 1 aromatic carbocycles. The number of nitrogens with one attached hydrogen (secondary N) is 1. The minimum Gasteiger partial charge on any atom is -0.493 e. The van der Waals surface area contributed by atoms with Crippen LogP contribution in [-0.2, 0) is 0 Å². The molecule has 0 heterocycles. The van der Waals surface area contributed by atoms with Crippen molar-refractivity contribution in [3.05, 3.63) is 18.2 Å². The van der Waals surface area contributed by atoms with Crippen LogP contribution >= 0.6 is 0 Å². The number of para-hydroxylation sites is 1. The van der Waals surface area contributed by atoms with Crippen molar-refractivity contribution in [1.29, 1.82) is 0 Å². The maximum absolute atomic E-state index is 11.1. The van der Waals surface area contributed by atoms with Crippen molar-refractivity contribution in [2.45, 2.75) is 0 Å². The summed E-state index contributed by atoms with van der Waals surface area (Å²) in [6, 6.07) is 5.11. The van der Waals surface area contributed by atoms with Gasteiger partial charge < -0.3 is 19.5 Å². The highest BCUT2D eigenvalue weighted by molar-refractivity contribution is 5.72. The van der Waals surface area contributed by atoms with Gasteiger partial charge in [0.25, 0.3) is 0 Å².